The van der Waals surface area contributed by atoms with Crippen LogP contribution >= 0.6 is 23.8 Å². The Bertz CT molecular complexity index is 594. The van der Waals surface area contributed by atoms with E-state index in [0.717, 1.165) is 10.8 Å². The quantitative estimate of drug-likeness (QED) is 0.603. The molecule has 0 atom stereocenters. The van der Waals surface area contributed by atoms with Gasteiger partial charge in [-0.05, 0) is 35.8 Å². The lowest BCUT2D eigenvalue weighted by Gasteiger charge is -2.05. The third-order valence-corrected chi connectivity index (χ3v) is 2.52. The molecule has 0 fully saturated rings. The molecule has 16 heavy (non-hydrogen) atoms. The van der Waals surface area contributed by atoms with Gasteiger partial charge in [0.25, 0.3) is 0 Å². The van der Waals surface area contributed by atoms with Crippen molar-refractivity contribution in [2.75, 3.05) is 7.11 Å². The summed E-state index contributed by atoms with van der Waals surface area (Å²) in [4.78, 5) is 7.92. The lowest BCUT2D eigenvalue weighted by Crippen LogP contribution is -1.85. The third-order valence-electron chi connectivity index (χ3n) is 2.14. The third kappa shape index (κ3) is 2.04. The molecular weight excluding hydrogens is 244 g/mol. The zero-order valence-electron chi connectivity index (χ0n) is 8.40. The van der Waals surface area contributed by atoms with Crippen LogP contribution in [0.15, 0.2) is 29.4 Å². The highest BCUT2D eigenvalue weighted by molar-refractivity contribution is 7.78. The summed E-state index contributed by atoms with van der Waals surface area (Å²) in [7, 11) is 1.57. The van der Waals surface area contributed by atoms with Gasteiger partial charge in [-0.3, -0.25) is 0 Å². The maximum atomic E-state index is 6.02. The lowest BCUT2D eigenvalue weighted by atomic mass is 10.1. The average molecular weight is 251 g/mol. The minimum Gasteiger partial charge on any atom is -0.495 e. The minimum absolute atomic E-state index is 0.517. The van der Waals surface area contributed by atoms with Crippen molar-refractivity contribution >= 4 is 45.6 Å². The van der Waals surface area contributed by atoms with E-state index >= 15 is 0 Å². The highest BCUT2D eigenvalue weighted by atomic mass is 35.5. The molecule has 0 saturated carbocycles. The van der Waals surface area contributed by atoms with Crippen LogP contribution in [0.2, 0.25) is 5.02 Å². The first-order chi connectivity index (χ1) is 7.74. The molecule has 0 spiro atoms. The van der Waals surface area contributed by atoms with Crippen LogP contribution in [0.3, 0.4) is 0 Å². The van der Waals surface area contributed by atoms with Gasteiger partial charge in [-0.25, -0.2) is 4.98 Å². The van der Waals surface area contributed by atoms with Crippen molar-refractivity contribution in [3.8, 4) is 5.75 Å². The number of nitrogens with zero attached hydrogens (tertiary/aromatic N) is 2. The Kier molecular flexibility index (Phi) is 3.15. The summed E-state index contributed by atoms with van der Waals surface area (Å²) in [5.74, 6) is 1.14. The van der Waals surface area contributed by atoms with Gasteiger partial charge >= 0.3 is 0 Å². The number of aromatic nitrogens is 1. The van der Waals surface area contributed by atoms with Crippen molar-refractivity contribution in [1.29, 1.82) is 0 Å². The van der Waals surface area contributed by atoms with Gasteiger partial charge in [-0.1, -0.05) is 11.6 Å². The Balaban J connectivity index is 2.66. The molecule has 1 heterocycles. The Labute approximate surface area is 103 Å². The number of rotatable bonds is 2. The van der Waals surface area contributed by atoms with Gasteiger partial charge < -0.3 is 4.74 Å². The molecule has 2 rings (SSSR count). The first-order valence-electron chi connectivity index (χ1n) is 4.46. The van der Waals surface area contributed by atoms with Gasteiger partial charge in [-0.2, -0.15) is 4.99 Å². The number of hydrogen-bond donors (Lipinski definition) is 0. The molecule has 80 valence electrons. The van der Waals surface area contributed by atoms with Crippen LogP contribution in [-0.4, -0.2) is 17.3 Å². The van der Waals surface area contributed by atoms with E-state index in [1.54, 1.807) is 25.4 Å². The van der Waals surface area contributed by atoms with Crippen LogP contribution in [0.5, 0.6) is 5.75 Å². The number of thiocarbonyl (C=S) groups is 1. The molecule has 0 aliphatic heterocycles. The van der Waals surface area contributed by atoms with Crippen molar-refractivity contribution in [3.63, 3.8) is 0 Å². The Morgan fingerprint density at radius 3 is 2.88 bits per heavy atom. The molecule has 0 unspecified atom stereocenters. The molecular formula is C11H7ClN2OS. The highest BCUT2D eigenvalue weighted by Crippen LogP contribution is 2.30. The first-order valence-corrected chi connectivity index (χ1v) is 5.24. The second-order valence-corrected chi connectivity index (χ2v) is 3.67. The van der Waals surface area contributed by atoms with E-state index in [9.17, 15) is 0 Å². The van der Waals surface area contributed by atoms with E-state index < -0.39 is 0 Å². The summed E-state index contributed by atoms with van der Waals surface area (Å²) >= 11 is 10.5. The van der Waals surface area contributed by atoms with Crippen molar-refractivity contribution in [2.24, 2.45) is 4.99 Å². The van der Waals surface area contributed by atoms with E-state index in [1.165, 1.54) is 0 Å². The summed E-state index contributed by atoms with van der Waals surface area (Å²) in [6.07, 6.45) is 1.69. The number of pyridine rings is 1. The number of benzene rings is 1. The number of hydrogen-bond acceptors (Lipinski definition) is 4. The molecule has 1 aromatic heterocycles. The minimum atomic E-state index is 0.517. The normalized spacial score (nSPS) is 9.88. The Hall–Kier alpha value is -1.48. The average Bonchev–Trinajstić information content (AvgIpc) is 2.28. The van der Waals surface area contributed by atoms with Crippen LogP contribution < -0.4 is 4.74 Å². The summed E-state index contributed by atoms with van der Waals surface area (Å²) in [5.41, 5.74) is 0. The fourth-order valence-electron chi connectivity index (χ4n) is 1.40. The fourth-order valence-corrected chi connectivity index (χ4v) is 1.74. The smallest absolute Gasteiger partial charge is 0.163 e. The summed E-state index contributed by atoms with van der Waals surface area (Å²) in [5, 5.41) is 4.70. The molecule has 0 aliphatic carbocycles. The van der Waals surface area contributed by atoms with Crippen LogP contribution in [0.4, 0.5) is 5.82 Å². The summed E-state index contributed by atoms with van der Waals surface area (Å²) in [6.45, 7) is 0. The Morgan fingerprint density at radius 1 is 1.38 bits per heavy atom. The van der Waals surface area contributed by atoms with Crippen molar-refractivity contribution < 1.29 is 4.74 Å². The number of ether oxygens (including phenoxy) is 1. The second-order valence-electron chi connectivity index (χ2n) is 3.08. The van der Waals surface area contributed by atoms with Gasteiger partial charge in [0.2, 0.25) is 0 Å². The van der Waals surface area contributed by atoms with Crippen molar-refractivity contribution in [1.82, 2.24) is 4.98 Å². The first kappa shape index (κ1) is 11.0. The number of fused-ring (bicyclic) bond motifs is 1. The highest BCUT2D eigenvalue weighted by Gasteiger charge is 2.04. The molecule has 5 heteroatoms. The fraction of sp³-hybridized carbons (Fsp3) is 0.0909. The van der Waals surface area contributed by atoms with Gasteiger partial charge in [0.1, 0.15) is 5.75 Å². The van der Waals surface area contributed by atoms with Gasteiger partial charge in [0, 0.05) is 11.6 Å². The molecule has 1 aromatic carbocycles. The largest absolute Gasteiger partial charge is 0.495 e. The number of aliphatic imine (C=N–C) groups is 1. The maximum Gasteiger partial charge on any atom is 0.163 e. The van der Waals surface area contributed by atoms with E-state index in [4.69, 9.17) is 16.3 Å². The van der Waals surface area contributed by atoms with Crippen molar-refractivity contribution in [3.05, 3.63) is 29.4 Å². The monoisotopic (exact) mass is 250 g/mol. The van der Waals surface area contributed by atoms with E-state index in [2.05, 4.69) is 27.4 Å². The SMILES string of the molecule is COc1cc2cnc(N=C=S)cc2cc1Cl. The number of halogens is 1. The zero-order chi connectivity index (χ0) is 11.5. The maximum absolute atomic E-state index is 6.02. The molecule has 0 bridgehead atoms. The van der Waals surface area contributed by atoms with Gasteiger partial charge in [0.15, 0.2) is 5.82 Å². The lowest BCUT2D eigenvalue weighted by molar-refractivity contribution is 0.415. The molecule has 2 aromatic rings. The predicted octanol–water partition coefficient (Wildman–Crippen LogP) is 3.63. The van der Waals surface area contributed by atoms with Crippen LogP contribution in [0.1, 0.15) is 0 Å². The van der Waals surface area contributed by atoms with E-state index in [0.29, 0.717) is 16.6 Å². The standard InChI is InChI=1S/C11H7ClN2OS/c1-15-10-3-8-5-13-11(14-6-16)4-7(8)2-9(10)12/h2-5H,1H3. The molecule has 0 radical (unpaired) electrons. The topological polar surface area (TPSA) is 34.5 Å². The van der Waals surface area contributed by atoms with Gasteiger partial charge in [-0.15, -0.1) is 0 Å². The number of methoxy groups -OCH3 is 1. The van der Waals surface area contributed by atoms with Crippen LogP contribution in [-0.2, 0) is 0 Å². The number of isothiocyanates is 1. The molecule has 3 nitrogen and oxygen atoms in total. The zero-order valence-corrected chi connectivity index (χ0v) is 9.97. The molecule has 0 amide bonds. The van der Waals surface area contributed by atoms with Crippen molar-refractivity contribution in [2.45, 2.75) is 0 Å². The second kappa shape index (κ2) is 4.58. The molecule has 0 N–H and O–H groups in total. The van der Waals surface area contributed by atoms with E-state index in [1.807, 2.05) is 6.07 Å². The van der Waals surface area contributed by atoms with E-state index in [-0.39, 0.29) is 0 Å². The van der Waals surface area contributed by atoms with Gasteiger partial charge in [0.05, 0.1) is 17.3 Å². The summed E-state index contributed by atoms with van der Waals surface area (Å²) < 4.78 is 5.12. The van der Waals surface area contributed by atoms with Crippen LogP contribution in [0, 0.1) is 0 Å². The van der Waals surface area contributed by atoms with Crippen LogP contribution in [0.25, 0.3) is 10.8 Å². The summed E-state index contributed by atoms with van der Waals surface area (Å²) in [6, 6.07) is 5.43. The predicted molar refractivity (Wildman–Crippen MR) is 68.0 cm³/mol. The molecule has 0 aliphatic rings. The Morgan fingerprint density at radius 2 is 2.19 bits per heavy atom. The molecule has 0 saturated heterocycles.